The first kappa shape index (κ1) is 22.8. The number of aromatic carboxylic acids is 1. The SMILES string of the molecule is COc1ccc(C2CC23C(=O)Nc2cc(F)c(-c4ccc(-c5ccccc5O)cc4)cc23)cc1C(=O)O. The molecule has 2 aliphatic rings. The first-order chi connectivity index (χ1) is 17.8. The van der Waals surface area contributed by atoms with Gasteiger partial charge in [-0.05, 0) is 59.0 Å². The van der Waals surface area contributed by atoms with Crippen molar-refractivity contribution in [3.63, 3.8) is 0 Å². The predicted octanol–water partition coefficient (Wildman–Crippen LogP) is 5.95. The third-order valence-corrected chi connectivity index (χ3v) is 7.47. The monoisotopic (exact) mass is 495 g/mol. The molecule has 4 aromatic carbocycles. The van der Waals surface area contributed by atoms with Gasteiger partial charge in [0.05, 0.1) is 12.5 Å². The maximum Gasteiger partial charge on any atom is 0.339 e. The highest BCUT2D eigenvalue weighted by atomic mass is 19.1. The zero-order valence-corrected chi connectivity index (χ0v) is 19.8. The number of hydrogen-bond acceptors (Lipinski definition) is 4. The lowest BCUT2D eigenvalue weighted by Gasteiger charge is -2.13. The average Bonchev–Trinajstić information content (AvgIpc) is 3.59. The Morgan fingerprint density at radius 3 is 2.38 bits per heavy atom. The van der Waals surface area contributed by atoms with Gasteiger partial charge in [0.25, 0.3) is 0 Å². The number of carbonyl (C=O) groups is 2. The highest BCUT2D eigenvalue weighted by Gasteiger charge is 2.65. The van der Waals surface area contributed by atoms with E-state index < -0.39 is 17.2 Å². The molecule has 1 aliphatic carbocycles. The van der Waals surface area contributed by atoms with Crippen molar-refractivity contribution >= 4 is 17.6 Å². The van der Waals surface area contributed by atoms with Crippen LogP contribution in [0.2, 0.25) is 0 Å². The minimum atomic E-state index is -1.11. The Balaban J connectivity index is 1.38. The number of nitrogens with one attached hydrogen (secondary N) is 1. The zero-order chi connectivity index (χ0) is 25.9. The van der Waals surface area contributed by atoms with Gasteiger partial charge in [0, 0.05) is 22.7 Å². The smallest absolute Gasteiger partial charge is 0.339 e. The number of carboxylic acid groups (broad SMARTS) is 1. The summed E-state index contributed by atoms with van der Waals surface area (Å²) in [7, 11) is 1.41. The lowest BCUT2D eigenvalue weighted by atomic mass is 9.89. The van der Waals surface area contributed by atoms with Crippen LogP contribution in [0.3, 0.4) is 0 Å². The summed E-state index contributed by atoms with van der Waals surface area (Å²) in [5.74, 6) is -1.61. The van der Waals surface area contributed by atoms with Crippen LogP contribution >= 0.6 is 0 Å². The number of halogens is 1. The van der Waals surface area contributed by atoms with Crippen molar-refractivity contribution in [3.8, 4) is 33.8 Å². The number of aromatic hydroxyl groups is 1. The number of ether oxygens (including phenoxy) is 1. The van der Waals surface area contributed by atoms with Gasteiger partial charge in [-0.3, -0.25) is 4.79 Å². The van der Waals surface area contributed by atoms with Gasteiger partial charge in [0.1, 0.15) is 22.9 Å². The maximum absolute atomic E-state index is 15.2. The second kappa shape index (κ2) is 8.20. The molecule has 1 heterocycles. The van der Waals surface area contributed by atoms with Crippen molar-refractivity contribution < 1.29 is 28.9 Å². The fourth-order valence-corrected chi connectivity index (χ4v) is 5.49. The summed E-state index contributed by atoms with van der Waals surface area (Å²) >= 11 is 0. The van der Waals surface area contributed by atoms with E-state index in [-0.39, 0.29) is 28.9 Å². The summed E-state index contributed by atoms with van der Waals surface area (Å²) in [6, 6.07) is 22.2. The number of para-hydroxylation sites is 1. The molecule has 1 aliphatic heterocycles. The highest BCUT2D eigenvalue weighted by molar-refractivity contribution is 6.10. The van der Waals surface area contributed by atoms with Crippen LogP contribution < -0.4 is 10.1 Å². The van der Waals surface area contributed by atoms with E-state index >= 15 is 4.39 Å². The molecule has 37 heavy (non-hydrogen) atoms. The Bertz CT molecular complexity index is 1600. The van der Waals surface area contributed by atoms with Gasteiger partial charge < -0.3 is 20.3 Å². The maximum atomic E-state index is 15.2. The van der Waals surface area contributed by atoms with Gasteiger partial charge in [-0.25, -0.2) is 9.18 Å². The first-order valence-corrected chi connectivity index (χ1v) is 11.8. The summed E-state index contributed by atoms with van der Waals surface area (Å²) < 4.78 is 20.4. The van der Waals surface area contributed by atoms with Crippen LogP contribution in [0.25, 0.3) is 22.3 Å². The van der Waals surface area contributed by atoms with Crippen molar-refractivity contribution in [1.29, 1.82) is 0 Å². The molecular weight excluding hydrogens is 473 g/mol. The van der Waals surface area contributed by atoms with E-state index in [0.29, 0.717) is 34.4 Å². The van der Waals surface area contributed by atoms with E-state index in [9.17, 15) is 19.8 Å². The molecule has 6 nitrogen and oxygen atoms in total. The number of carboxylic acids is 1. The predicted molar refractivity (Wildman–Crippen MR) is 137 cm³/mol. The summed E-state index contributed by atoms with van der Waals surface area (Å²) in [5.41, 5.74) is 3.50. The number of phenols is 1. The number of fused-ring (bicyclic) bond motifs is 2. The number of amides is 1. The molecule has 1 fully saturated rings. The fourth-order valence-electron chi connectivity index (χ4n) is 5.49. The number of phenolic OH excluding ortho intramolecular Hbond substituents is 1. The standard InChI is InChI=1S/C30H22FNO5/c1-37-27-11-10-18(12-21(27)28(34)35)23-15-30(23)22-13-20(24(31)14-25(22)32-29(30)36)17-8-6-16(7-9-17)19-4-2-3-5-26(19)33/h2-14,23,33H,15H2,1H3,(H,32,36)(H,34,35). The van der Waals surface area contributed by atoms with Gasteiger partial charge in [-0.15, -0.1) is 0 Å². The van der Waals surface area contributed by atoms with E-state index in [1.54, 1.807) is 48.5 Å². The molecule has 1 amide bonds. The second-order valence-electron chi connectivity index (χ2n) is 9.42. The molecule has 0 bridgehead atoms. The number of rotatable bonds is 5. The summed E-state index contributed by atoms with van der Waals surface area (Å²) in [6.07, 6.45) is 0.495. The van der Waals surface area contributed by atoms with Crippen LogP contribution in [0.5, 0.6) is 11.5 Å². The molecule has 0 saturated heterocycles. The molecule has 1 spiro atoms. The Morgan fingerprint density at radius 1 is 1.00 bits per heavy atom. The van der Waals surface area contributed by atoms with Crippen LogP contribution in [0.1, 0.15) is 33.8 Å². The van der Waals surface area contributed by atoms with E-state index in [1.807, 2.05) is 24.3 Å². The molecule has 2 unspecified atom stereocenters. The minimum absolute atomic E-state index is 0.0324. The van der Waals surface area contributed by atoms with Crippen LogP contribution in [-0.4, -0.2) is 29.2 Å². The summed E-state index contributed by atoms with van der Waals surface area (Å²) in [4.78, 5) is 24.8. The van der Waals surface area contributed by atoms with Crippen LogP contribution in [-0.2, 0) is 10.2 Å². The van der Waals surface area contributed by atoms with E-state index in [4.69, 9.17) is 4.74 Å². The van der Waals surface area contributed by atoms with Gasteiger partial charge >= 0.3 is 5.97 Å². The Morgan fingerprint density at radius 2 is 1.70 bits per heavy atom. The molecule has 1 saturated carbocycles. The van der Waals surface area contributed by atoms with Crippen LogP contribution in [0.4, 0.5) is 10.1 Å². The Hall–Kier alpha value is -4.65. The first-order valence-electron chi connectivity index (χ1n) is 11.8. The number of benzene rings is 4. The lowest BCUT2D eigenvalue weighted by Crippen LogP contribution is -2.21. The minimum Gasteiger partial charge on any atom is -0.507 e. The topological polar surface area (TPSA) is 95.9 Å². The lowest BCUT2D eigenvalue weighted by molar-refractivity contribution is -0.118. The van der Waals surface area contributed by atoms with Crippen molar-refractivity contribution in [1.82, 2.24) is 0 Å². The Kier molecular flexibility index (Phi) is 5.05. The number of hydrogen-bond donors (Lipinski definition) is 3. The van der Waals surface area contributed by atoms with Gasteiger partial charge in [-0.2, -0.15) is 0 Å². The van der Waals surface area contributed by atoms with Crippen molar-refractivity contribution in [2.45, 2.75) is 17.8 Å². The van der Waals surface area contributed by atoms with Gasteiger partial charge in [0.15, 0.2) is 0 Å². The van der Waals surface area contributed by atoms with Crippen molar-refractivity contribution in [3.05, 3.63) is 101 Å². The van der Waals surface area contributed by atoms with E-state index in [1.165, 1.54) is 13.2 Å². The summed E-state index contributed by atoms with van der Waals surface area (Å²) in [6.45, 7) is 0. The number of methoxy groups -OCH3 is 1. The molecule has 6 rings (SSSR count). The Labute approximate surface area is 212 Å². The van der Waals surface area contributed by atoms with Crippen LogP contribution in [0, 0.1) is 5.82 Å². The van der Waals surface area contributed by atoms with E-state index in [0.717, 1.165) is 11.1 Å². The molecule has 7 heteroatoms. The van der Waals surface area contributed by atoms with Crippen molar-refractivity contribution in [2.75, 3.05) is 12.4 Å². The second-order valence-corrected chi connectivity index (χ2v) is 9.42. The molecule has 2 atom stereocenters. The molecular formula is C30H22FNO5. The van der Waals surface area contributed by atoms with Crippen molar-refractivity contribution in [2.24, 2.45) is 0 Å². The third-order valence-electron chi connectivity index (χ3n) is 7.47. The van der Waals surface area contributed by atoms with E-state index in [2.05, 4.69) is 5.32 Å². The third kappa shape index (κ3) is 3.46. The van der Waals surface area contributed by atoms with Crippen LogP contribution in [0.15, 0.2) is 78.9 Å². The quantitative estimate of drug-likeness (QED) is 0.318. The molecule has 0 aromatic heterocycles. The number of anilines is 1. The highest BCUT2D eigenvalue weighted by Crippen LogP contribution is 2.65. The average molecular weight is 496 g/mol. The molecule has 184 valence electrons. The summed E-state index contributed by atoms with van der Waals surface area (Å²) in [5, 5.41) is 22.5. The fraction of sp³-hybridized carbons (Fsp3) is 0.133. The van der Waals surface area contributed by atoms with Gasteiger partial charge in [0.2, 0.25) is 5.91 Å². The largest absolute Gasteiger partial charge is 0.507 e. The molecule has 4 aromatic rings. The molecule has 0 radical (unpaired) electrons. The zero-order valence-electron chi connectivity index (χ0n) is 19.8. The normalized spacial score (nSPS) is 19.4. The number of carbonyl (C=O) groups excluding carboxylic acids is 1. The van der Waals surface area contributed by atoms with Gasteiger partial charge in [-0.1, -0.05) is 48.5 Å². The molecule has 3 N–H and O–H groups in total.